The van der Waals surface area contributed by atoms with Crippen molar-refractivity contribution >= 4 is 5.78 Å². The van der Waals surface area contributed by atoms with Crippen LogP contribution in [0, 0.1) is 5.41 Å². The van der Waals surface area contributed by atoms with Crippen molar-refractivity contribution in [2.75, 3.05) is 6.54 Å². The molecule has 0 bridgehead atoms. The summed E-state index contributed by atoms with van der Waals surface area (Å²) in [5, 5.41) is 0. The molecule has 0 aliphatic heterocycles. The highest BCUT2D eigenvalue weighted by molar-refractivity contribution is 5.79. The molecule has 0 radical (unpaired) electrons. The summed E-state index contributed by atoms with van der Waals surface area (Å²) in [7, 11) is 0. The van der Waals surface area contributed by atoms with Gasteiger partial charge < -0.3 is 5.73 Å². The molecular weight excluding hydrogens is 222 g/mol. The molecule has 0 amide bonds. The summed E-state index contributed by atoms with van der Waals surface area (Å²) in [5.74, 6) is 0.431. The summed E-state index contributed by atoms with van der Waals surface area (Å²) in [6.07, 6.45) is 14.0. The minimum atomic E-state index is 0.149. The molecule has 0 aromatic carbocycles. The highest BCUT2D eigenvalue weighted by atomic mass is 16.1. The highest BCUT2D eigenvalue weighted by Gasteiger charge is 2.32. The van der Waals surface area contributed by atoms with Gasteiger partial charge in [-0.3, -0.25) is 4.79 Å². The maximum absolute atomic E-state index is 12.0. The first-order valence-electron chi connectivity index (χ1n) is 7.55. The van der Waals surface area contributed by atoms with E-state index in [1.54, 1.807) is 0 Å². The Balaban J connectivity index is 2.22. The topological polar surface area (TPSA) is 43.1 Å². The van der Waals surface area contributed by atoms with Crippen LogP contribution in [0.4, 0.5) is 0 Å². The van der Waals surface area contributed by atoms with E-state index in [2.05, 4.69) is 6.58 Å². The second kappa shape index (κ2) is 8.47. The van der Waals surface area contributed by atoms with E-state index in [9.17, 15) is 4.79 Å². The largest absolute Gasteiger partial charge is 0.330 e. The first-order valence-corrected chi connectivity index (χ1v) is 7.55. The molecule has 18 heavy (non-hydrogen) atoms. The molecule has 0 spiro atoms. The van der Waals surface area contributed by atoms with Gasteiger partial charge in [0.25, 0.3) is 0 Å². The monoisotopic (exact) mass is 251 g/mol. The van der Waals surface area contributed by atoms with Crippen LogP contribution >= 0.6 is 0 Å². The average Bonchev–Trinajstić information content (AvgIpc) is 2.39. The van der Waals surface area contributed by atoms with Crippen molar-refractivity contribution in [1.29, 1.82) is 0 Å². The van der Waals surface area contributed by atoms with Crippen molar-refractivity contribution in [3.8, 4) is 0 Å². The Morgan fingerprint density at radius 2 is 1.89 bits per heavy atom. The maximum Gasteiger partial charge on any atom is 0.133 e. The summed E-state index contributed by atoms with van der Waals surface area (Å²) in [6, 6.07) is 0. The van der Waals surface area contributed by atoms with Crippen LogP contribution in [0.25, 0.3) is 0 Å². The lowest BCUT2D eigenvalue weighted by Crippen LogP contribution is -2.35. The summed E-state index contributed by atoms with van der Waals surface area (Å²) in [4.78, 5) is 12.0. The number of carbonyl (C=O) groups is 1. The number of hydrogen-bond donors (Lipinski definition) is 1. The Bertz CT molecular complexity index is 254. The second-order valence-corrected chi connectivity index (χ2v) is 5.87. The van der Waals surface area contributed by atoms with Gasteiger partial charge in [-0.25, -0.2) is 0 Å². The summed E-state index contributed by atoms with van der Waals surface area (Å²) in [6.45, 7) is 4.40. The van der Waals surface area contributed by atoms with Gasteiger partial charge in [-0.2, -0.15) is 0 Å². The van der Waals surface area contributed by atoms with Crippen LogP contribution in [-0.4, -0.2) is 12.3 Å². The standard InChI is InChI=1S/C16H29NO/c1-2-3-4-5-7-10-15(18)13-16(14-17)11-8-6-9-12-16/h2H,1,3-14,17H2. The third-order valence-electron chi connectivity index (χ3n) is 4.28. The van der Waals surface area contributed by atoms with Crippen molar-refractivity contribution < 1.29 is 4.79 Å². The van der Waals surface area contributed by atoms with Crippen LogP contribution in [-0.2, 0) is 4.79 Å². The van der Waals surface area contributed by atoms with Crippen LogP contribution in [0.5, 0.6) is 0 Å². The van der Waals surface area contributed by atoms with E-state index in [0.717, 1.165) is 44.9 Å². The van der Waals surface area contributed by atoms with Gasteiger partial charge in [0.05, 0.1) is 0 Å². The first kappa shape index (κ1) is 15.4. The van der Waals surface area contributed by atoms with E-state index < -0.39 is 0 Å². The van der Waals surface area contributed by atoms with Crippen LogP contribution in [0.15, 0.2) is 12.7 Å². The van der Waals surface area contributed by atoms with Crippen LogP contribution in [0.3, 0.4) is 0 Å². The predicted molar refractivity (Wildman–Crippen MR) is 77.5 cm³/mol. The van der Waals surface area contributed by atoms with Gasteiger partial charge in [0, 0.05) is 12.8 Å². The smallest absolute Gasteiger partial charge is 0.133 e. The molecule has 2 nitrogen and oxygen atoms in total. The Morgan fingerprint density at radius 1 is 1.17 bits per heavy atom. The lowest BCUT2D eigenvalue weighted by Gasteiger charge is -2.35. The summed E-state index contributed by atoms with van der Waals surface area (Å²) in [5.41, 5.74) is 6.07. The molecule has 0 heterocycles. The fourth-order valence-corrected chi connectivity index (χ4v) is 3.05. The Kier molecular flexibility index (Phi) is 7.26. The molecule has 2 N–H and O–H groups in total. The Morgan fingerprint density at radius 3 is 2.50 bits per heavy atom. The third-order valence-corrected chi connectivity index (χ3v) is 4.28. The normalized spacial score (nSPS) is 18.5. The zero-order valence-corrected chi connectivity index (χ0v) is 11.8. The molecule has 0 unspecified atom stereocenters. The van der Waals surface area contributed by atoms with Crippen LogP contribution in [0.2, 0.25) is 0 Å². The van der Waals surface area contributed by atoms with E-state index in [1.807, 2.05) is 6.08 Å². The van der Waals surface area contributed by atoms with Gasteiger partial charge in [0.2, 0.25) is 0 Å². The zero-order valence-electron chi connectivity index (χ0n) is 11.8. The van der Waals surface area contributed by atoms with Crippen molar-refractivity contribution in [2.45, 2.75) is 70.6 Å². The lowest BCUT2D eigenvalue weighted by atomic mass is 9.70. The molecule has 1 rings (SSSR count). The number of Topliss-reactive ketones (excluding diaryl/α,β-unsaturated/α-hetero) is 1. The fraction of sp³-hybridized carbons (Fsp3) is 0.812. The number of hydrogen-bond acceptors (Lipinski definition) is 2. The first-order chi connectivity index (χ1) is 8.72. The van der Waals surface area contributed by atoms with E-state index in [-0.39, 0.29) is 5.41 Å². The molecule has 2 heteroatoms. The van der Waals surface area contributed by atoms with Crippen molar-refractivity contribution in [2.24, 2.45) is 11.1 Å². The Labute approximate surface area is 112 Å². The van der Waals surface area contributed by atoms with Crippen LogP contribution < -0.4 is 5.73 Å². The number of carbonyl (C=O) groups excluding carboxylic acids is 1. The molecule has 1 fully saturated rings. The van der Waals surface area contributed by atoms with Gasteiger partial charge in [-0.1, -0.05) is 31.8 Å². The average molecular weight is 251 g/mol. The van der Waals surface area contributed by atoms with E-state index in [0.29, 0.717) is 12.3 Å². The predicted octanol–water partition coefficient (Wildman–Crippen LogP) is 3.99. The van der Waals surface area contributed by atoms with E-state index >= 15 is 0 Å². The molecule has 104 valence electrons. The van der Waals surface area contributed by atoms with Gasteiger partial charge in [0.1, 0.15) is 5.78 Å². The number of unbranched alkanes of at least 4 members (excludes halogenated alkanes) is 3. The molecule has 0 saturated heterocycles. The summed E-state index contributed by atoms with van der Waals surface area (Å²) < 4.78 is 0. The Hall–Kier alpha value is -0.630. The van der Waals surface area contributed by atoms with E-state index in [4.69, 9.17) is 5.73 Å². The lowest BCUT2D eigenvalue weighted by molar-refractivity contribution is -0.121. The number of nitrogens with two attached hydrogens (primary N) is 1. The molecular formula is C16H29NO. The van der Waals surface area contributed by atoms with E-state index in [1.165, 1.54) is 25.7 Å². The van der Waals surface area contributed by atoms with Gasteiger partial charge in [-0.05, 0) is 44.1 Å². The highest BCUT2D eigenvalue weighted by Crippen LogP contribution is 2.38. The van der Waals surface area contributed by atoms with Gasteiger partial charge in [-0.15, -0.1) is 6.58 Å². The van der Waals surface area contributed by atoms with Gasteiger partial charge in [0.15, 0.2) is 0 Å². The maximum atomic E-state index is 12.0. The quantitative estimate of drug-likeness (QED) is 0.497. The molecule has 1 aliphatic carbocycles. The molecule has 1 aliphatic rings. The molecule has 0 aromatic heterocycles. The van der Waals surface area contributed by atoms with Crippen molar-refractivity contribution in [3.05, 3.63) is 12.7 Å². The number of ketones is 1. The van der Waals surface area contributed by atoms with Crippen molar-refractivity contribution in [1.82, 2.24) is 0 Å². The molecule has 0 aromatic rings. The molecule has 1 saturated carbocycles. The second-order valence-electron chi connectivity index (χ2n) is 5.87. The number of rotatable bonds is 9. The number of allylic oxidation sites excluding steroid dienone is 1. The van der Waals surface area contributed by atoms with Gasteiger partial charge >= 0.3 is 0 Å². The third kappa shape index (κ3) is 5.34. The minimum absolute atomic E-state index is 0.149. The minimum Gasteiger partial charge on any atom is -0.330 e. The summed E-state index contributed by atoms with van der Waals surface area (Å²) >= 11 is 0. The van der Waals surface area contributed by atoms with Crippen molar-refractivity contribution in [3.63, 3.8) is 0 Å². The van der Waals surface area contributed by atoms with Crippen LogP contribution in [0.1, 0.15) is 70.6 Å². The molecule has 0 atom stereocenters. The zero-order chi connectivity index (χ0) is 13.3. The SMILES string of the molecule is C=CCCCCCC(=O)CC1(CN)CCCCC1. The fourth-order valence-electron chi connectivity index (χ4n) is 3.05.